The first-order valence-electron chi connectivity index (χ1n) is 3.47. The number of nitrogens with zero attached hydrogens (tertiary/aromatic N) is 1. The molecule has 0 rings (SSSR count). The smallest absolute Gasteiger partial charge is 0.326 e. The standard InChI is InChI=1S/C6H12N4O3/c7-1-3(5(9)6(12)13)10-4(8)2-11/h5,8,11H,1-2,7,9H2,(H,12,13). The molecule has 0 bridgehead atoms. The second kappa shape index (κ2) is 5.36. The topological polar surface area (TPSA) is 146 Å². The Bertz CT molecular complexity index is 238. The molecule has 7 heteroatoms. The number of hydrogen-bond acceptors (Lipinski definition) is 5. The number of carboxylic acids is 1. The molecule has 0 aromatic carbocycles. The lowest BCUT2D eigenvalue weighted by Gasteiger charge is -2.07. The highest BCUT2D eigenvalue weighted by atomic mass is 16.4. The fourth-order valence-corrected chi connectivity index (χ4v) is 0.593. The fourth-order valence-electron chi connectivity index (χ4n) is 0.593. The number of nitrogens with one attached hydrogen (secondary N) is 1. The maximum atomic E-state index is 10.4. The highest BCUT2D eigenvalue weighted by Gasteiger charge is 2.17. The molecule has 0 aromatic heterocycles. The van der Waals surface area contributed by atoms with Gasteiger partial charge in [0.2, 0.25) is 0 Å². The van der Waals surface area contributed by atoms with Crippen LogP contribution >= 0.6 is 0 Å². The van der Waals surface area contributed by atoms with Gasteiger partial charge >= 0.3 is 5.97 Å². The second-order valence-corrected chi connectivity index (χ2v) is 2.23. The van der Waals surface area contributed by atoms with Crippen molar-refractivity contribution in [2.45, 2.75) is 6.04 Å². The Morgan fingerprint density at radius 3 is 2.46 bits per heavy atom. The molecule has 0 heterocycles. The van der Waals surface area contributed by atoms with Crippen LogP contribution in [0.3, 0.4) is 0 Å². The molecule has 0 aliphatic carbocycles. The minimum Gasteiger partial charge on any atom is -0.480 e. The van der Waals surface area contributed by atoms with E-state index in [1.165, 1.54) is 0 Å². The first-order valence-corrected chi connectivity index (χ1v) is 3.47. The molecule has 0 radical (unpaired) electrons. The van der Waals surface area contributed by atoms with Crippen molar-refractivity contribution in [1.29, 1.82) is 5.41 Å². The summed E-state index contributed by atoms with van der Waals surface area (Å²) in [6, 6.07) is -1.32. The molecule has 0 amide bonds. The Labute approximate surface area is 74.6 Å². The first kappa shape index (κ1) is 11.7. The Kier molecular flexibility index (Phi) is 4.82. The van der Waals surface area contributed by atoms with E-state index in [1.54, 1.807) is 0 Å². The summed E-state index contributed by atoms with van der Waals surface area (Å²) < 4.78 is 0. The zero-order valence-corrected chi connectivity index (χ0v) is 6.90. The molecule has 0 aliphatic heterocycles. The van der Waals surface area contributed by atoms with Crippen molar-refractivity contribution in [3.05, 3.63) is 0 Å². The average Bonchev–Trinajstić information content (AvgIpc) is 2.12. The number of carbonyl (C=O) groups is 1. The SMILES string of the molecule is N=C(CO)N=C(CN)C(N)C(=O)O. The van der Waals surface area contributed by atoms with Crippen LogP contribution in [0.2, 0.25) is 0 Å². The third kappa shape index (κ3) is 3.74. The highest BCUT2D eigenvalue weighted by Crippen LogP contribution is 1.87. The predicted molar refractivity (Wildman–Crippen MR) is 46.9 cm³/mol. The van der Waals surface area contributed by atoms with E-state index in [9.17, 15) is 4.79 Å². The van der Waals surface area contributed by atoms with Gasteiger partial charge in [-0.25, -0.2) is 4.99 Å². The van der Waals surface area contributed by atoms with Gasteiger partial charge < -0.3 is 21.7 Å². The lowest BCUT2D eigenvalue weighted by Crippen LogP contribution is -2.42. The van der Waals surface area contributed by atoms with Crippen LogP contribution in [0.4, 0.5) is 0 Å². The summed E-state index contributed by atoms with van der Waals surface area (Å²) in [5.74, 6) is -1.63. The molecule has 13 heavy (non-hydrogen) atoms. The summed E-state index contributed by atoms with van der Waals surface area (Å²) in [6.07, 6.45) is 0. The maximum Gasteiger partial charge on any atom is 0.326 e. The van der Waals surface area contributed by atoms with Gasteiger partial charge in [0, 0.05) is 6.54 Å². The lowest BCUT2D eigenvalue weighted by atomic mass is 10.2. The Morgan fingerprint density at radius 1 is 1.62 bits per heavy atom. The molecule has 1 atom stereocenters. The molecular weight excluding hydrogens is 176 g/mol. The average molecular weight is 188 g/mol. The number of aliphatic hydroxyl groups is 1. The van der Waals surface area contributed by atoms with Crippen LogP contribution in [0.5, 0.6) is 0 Å². The number of hydrogen-bond donors (Lipinski definition) is 5. The van der Waals surface area contributed by atoms with Crippen LogP contribution in [0.1, 0.15) is 0 Å². The van der Waals surface area contributed by atoms with E-state index >= 15 is 0 Å². The highest BCUT2D eigenvalue weighted by molar-refractivity contribution is 6.10. The second-order valence-electron chi connectivity index (χ2n) is 2.23. The summed E-state index contributed by atoms with van der Waals surface area (Å²) in [6.45, 7) is -0.730. The largest absolute Gasteiger partial charge is 0.480 e. The zero-order valence-electron chi connectivity index (χ0n) is 6.90. The summed E-state index contributed by atoms with van der Waals surface area (Å²) in [5, 5.41) is 23.9. The Morgan fingerprint density at radius 2 is 2.15 bits per heavy atom. The van der Waals surface area contributed by atoms with E-state index < -0.39 is 18.6 Å². The molecule has 0 fully saturated rings. The number of aliphatic imine (C=N–C) groups is 1. The van der Waals surface area contributed by atoms with Crippen LogP contribution in [0.25, 0.3) is 0 Å². The summed E-state index contributed by atoms with van der Waals surface area (Å²) in [4.78, 5) is 13.8. The van der Waals surface area contributed by atoms with Gasteiger partial charge in [-0.1, -0.05) is 0 Å². The van der Waals surface area contributed by atoms with E-state index in [2.05, 4.69) is 4.99 Å². The van der Waals surface area contributed by atoms with Gasteiger partial charge in [0.25, 0.3) is 0 Å². The van der Waals surface area contributed by atoms with Gasteiger partial charge in [0.1, 0.15) is 18.5 Å². The molecule has 7 N–H and O–H groups in total. The van der Waals surface area contributed by atoms with Crippen LogP contribution in [0.15, 0.2) is 4.99 Å². The maximum absolute atomic E-state index is 10.4. The fraction of sp³-hybridized carbons (Fsp3) is 0.500. The van der Waals surface area contributed by atoms with E-state index in [4.69, 9.17) is 27.1 Å². The van der Waals surface area contributed by atoms with Crippen molar-refractivity contribution < 1.29 is 15.0 Å². The van der Waals surface area contributed by atoms with Gasteiger partial charge in [-0.3, -0.25) is 10.2 Å². The van der Waals surface area contributed by atoms with Gasteiger partial charge in [0.05, 0.1) is 5.71 Å². The van der Waals surface area contributed by atoms with E-state index in [0.29, 0.717) is 0 Å². The van der Waals surface area contributed by atoms with Crippen LogP contribution in [0, 0.1) is 5.41 Å². The quantitative estimate of drug-likeness (QED) is 0.250. The molecule has 0 saturated carbocycles. The molecule has 1 unspecified atom stereocenters. The van der Waals surface area contributed by atoms with Gasteiger partial charge in [-0.05, 0) is 0 Å². The number of rotatable bonds is 4. The monoisotopic (exact) mass is 188 g/mol. The van der Waals surface area contributed by atoms with Gasteiger partial charge in [-0.2, -0.15) is 0 Å². The molecule has 0 aliphatic rings. The van der Waals surface area contributed by atoms with E-state index in [0.717, 1.165) is 0 Å². The van der Waals surface area contributed by atoms with E-state index in [1.807, 2.05) is 0 Å². The molecular formula is C6H12N4O3. The van der Waals surface area contributed by atoms with Crippen molar-refractivity contribution in [3.8, 4) is 0 Å². The molecule has 0 saturated heterocycles. The van der Waals surface area contributed by atoms with Crippen molar-refractivity contribution in [3.63, 3.8) is 0 Å². The molecule has 74 valence electrons. The van der Waals surface area contributed by atoms with Gasteiger partial charge in [-0.15, -0.1) is 0 Å². The number of aliphatic hydroxyl groups excluding tert-OH is 1. The Hall–Kier alpha value is -1.31. The summed E-state index contributed by atoms with van der Waals surface area (Å²) >= 11 is 0. The normalized spacial score (nSPS) is 13.9. The van der Waals surface area contributed by atoms with Crippen molar-refractivity contribution in [2.75, 3.05) is 13.2 Å². The van der Waals surface area contributed by atoms with E-state index in [-0.39, 0.29) is 18.1 Å². The minimum atomic E-state index is -1.32. The molecule has 7 nitrogen and oxygen atoms in total. The van der Waals surface area contributed by atoms with Gasteiger partial charge in [0.15, 0.2) is 0 Å². The van der Waals surface area contributed by atoms with Crippen molar-refractivity contribution in [1.82, 2.24) is 0 Å². The summed E-state index contributed by atoms with van der Waals surface area (Å²) in [5.41, 5.74) is 10.3. The van der Waals surface area contributed by atoms with Crippen LogP contribution in [-0.4, -0.2) is 46.9 Å². The first-order chi connectivity index (χ1) is 6.02. The summed E-state index contributed by atoms with van der Waals surface area (Å²) in [7, 11) is 0. The number of carboxylic acid groups (broad SMARTS) is 1. The molecule has 0 aromatic rings. The zero-order chi connectivity index (χ0) is 10.4. The number of amidine groups is 1. The minimum absolute atomic E-state index is 0.0356. The molecule has 0 spiro atoms. The van der Waals surface area contributed by atoms with Crippen LogP contribution in [-0.2, 0) is 4.79 Å². The number of aliphatic carboxylic acids is 1. The van der Waals surface area contributed by atoms with Crippen LogP contribution < -0.4 is 11.5 Å². The lowest BCUT2D eigenvalue weighted by molar-refractivity contribution is -0.136. The number of nitrogens with two attached hydrogens (primary N) is 2. The third-order valence-corrected chi connectivity index (χ3v) is 1.26. The Balaban J connectivity index is 4.58. The van der Waals surface area contributed by atoms with Crippen molar-refractivity contribution in [2.24, 2.45) is 16.5 Å². The van der Waals surface area contributed by atoms with Crippen molar-refractivity contribution >= 4 is 17.5 Å². The third-order valence-electron chi connectivity index (χ3n) is 1.26. The predicted octanol–water partition coefficient (Wildman–Crippen LogP) is -2.23.